The van der Waals surface area contributed by atoms with Crippen molar-refractivity contribution in [2.24, 2.45) is 0 Å². The first kappa shape index (κ1) is 21.9. The predicted molar refractivity (Wildman–Crippen MR) is 105 cm³/mol. The van der Waals surface area contributed by atoms with Crippen LogP contribution in [-0.4, -0.2) is 25.6 Å². The molecule has 0 saturated heterocycles. The van der Waals surface area contributed by atoms with Crippen molar-refractivity contribution < 1.29 is 22.9 Å². The third kappa shape index (κ3) is 4.87. The lowest BCUT2D eigenvalue weighted by Gasteiger charge is -2.09. The topological polar surface area (TPSA) is 127 Å². The van der Waals surface area contributed by atoms with Gasteiger partial charge in [0.2, 0.25) is 10.1 Å². The summed E-state index contributed by atoms with van der Waals surface area (Å²) in [6.07, 6.45) is -1.98. The number of rotatable bonds is 5. The third-order valence-corrected chi connectivity index (χ3v) is 4.91. The highest BCUT2D eigenvalue weighted by Gasteiger charge is 2.35. The Kier molecular flexibility index (Phi) is 6.04. The number of halogens is 4. The Bertz CT molecular complexity index is 1240. The van der Waals surface area contributed by atoms with E-state index in [-0.39, 0.29) is 22.0 Å². The van der Waals surface area contributed by atoms with E-state index in [9.17, 15) is 33.3 Å². The number of nitriles is 1. The highest BCUT2D eigenvalue weighted by molar-refractivity contribution is 7.15. The lowest BCUT2D eigenvalue weighted by molar-refractivity contribution is -0.384. The summed E-state index contributed by atoms with van der Waals surface area (Å²) in [5.41, 5.74) is 0.0166. The number of nitrogens with one attached hydrogen (secondary N) is 1. The van der Waals surface area contributed by atoms with E-state index in [2.05, 4.69) is 15.5 Å². The number of carbonyl (C=O) groups is 1. The molecule has 2 heterocycles. The van der Waals surface area contributed by atoms with E-state index < -0.39 is 32.7 Å². The molecule has 3 aromatic rings. The standard InChI is InChI=1S/C17H8ClF3N6O3S/c18-12-7-11(27(29)30)3-4-13(12)26-5-1-2-10(26)6-9(8-22)14(28)23-16-25-24-15(31-16)17(19,20)21/h1-7H,(H,23,25,28)/b9-6-. The molecule has 0 bridgehead atoms. The van der Waals surface area contributed by atoms with Gasteiger partial charge >= 0.3 is 6.18 Å². The number of non-ortho nitro benzene ring substituents is 1. The van der Waals surface area contributed by atoms with Gasteiger partial charge in [0.15, 0.2) is 0 Å². The van der Waals surface area contributed by atoms with Crippen molar-refractivity contribution in [3.05, 3.63) is 67.9 Å². The summed E-state index contributed by atoms with van der Waals surface area (Å²) in [6.45, 7) is 0. The van der Waals surface area contributed by atoms with E-state index in [4.69, 9.17) is 11.6 Å². The lowest BCUT2D eigenvalue weighted by atomic mass is 10.2. The molecule has 0 fully saturated rings. The minimum Gasteiger partial charge on any atom is -0.316 e. The fraction of sp³-hybridized carbons (Fsp3) is 0.0588. The largest absolute Gasteiger partial charge is 0.445 e. The van der Waals surface area contributed by atoms with Crippen LogP contribution in [0.3, 0.4) is 0 Å². The summed E-state index contributed by atoms with van der Waals surface area (Å²) in [5.74, 6) is -0.991. The Morgan fingerprint density at radius 1 is 1.35 bits per heavy atom. The number of nitro groups is 1. The number of hydrogen-bond acceptors (Lipinski definition) is 7. The Morgan fingerprint density at radius 2 is 2.10 bits per heavy atom. The number of carbonyl (C=O) groups excluding carboxylic acids is 1. The molecule has 1 N–H and O–H groups in total. The summed E-state index contributed by atoms with van der Waals surface area (Å²) in [7, 11) is 0. The molecular weight excluding hydrogens is 461 g/mol. The van der Waals surface area contributed by atoms with Crippen LogP contribution in [0.1, 0.15) is 10.7 Å². The molecule has 14 heteroatoms. The molecule has 9 nitrogen and oxygen atoms in total. The maximum atomic E-state index is 12.6. The quantitative estimate of drug-likeness (QED) is 0.255. The Morgan fingerprint density at radius 3 is 2.68 bits per heavy atom. The van der Waals surface area contributed by atoms with Crippen LogP contribution in [0.4, 0.5) is 24.0 Å². The molecule has 0 spiro atoms. The normalized spacial score (nSPS) is 11.8. The van der Waals surface area contributed by atoms with Gasteiger partial charge in [-0.25, -0.2) is 0 Å². The molecule has 0 aliphatic heterocycles. The highest BCUT2D eigenvalue weighted by Crippen LogP contribution is 2.33. The van der Waals surface area contributed by atoms with E-state index >= 15 is 0 Å². The molecule has 0 unspecified atom stereocenters. The molecule has 31 heavy (non-hydrogen) atoms. The Balaban J connectivity index is 1.88. The van der Waals surface area contributed by atoms with Crippen molar-refractivity contribution in [2.75, 3.05) is 5.32 Å². The zero-order chi connectivity index (χ0) is 22.8. The molecule has 1 aromatic carbocycles. The van der Waals surface area contributed by atoms with E-state index in [1.807, 2.05) is 0 Å². The van der Waals surface area contributed by atoms with Gasteiger partial charge in [-0.15, -0.1) is 10.2 Å². The number of nitro benzene ring substituents is 1. The van der Waals surface area contributed by atoms with Gasteiger partial charge in [-0.05, 0) is 24.3 Å². The Labute approximate surface area is 180 Å². The molecule has 0 aliphatic rings. The molecule has 0 radical (unpaired) electrons. The minimum atomic E-state index is -4.71. The van der Waals surface area contributed by atoms with Gasteiger partial charge in [-0.2, -0.15) is 18.4 Å². The summed E-state index contributed by atoms with van der Waals surface area (Å²) >= 11 is 6.24. The number of benzene rings is 1. The second kappa shape index (κ2) is 8.54. The van der Waals surface area contributed by atoms with Crippen LogP contribution in [0.25, 0.3) is 11.8 Å². The Hall–Kier alpha value is -3.76. The smallest absolute Gasteiger partial charge is 0.316 e. The van der Waals surface area contributed by atoms with Crippen molar-refractivity contribution >= 4 is 45.7 Å². The molecular formula is C17H8ClF3N6O3S. The number of anilines is 1. The summed E-state index contributed by atoms with van der Waals surface area (Å²) in [6, 6.07) is 8.56. The van der Waals surface area contributed by atoms with E-state index in [1.165, 1.54) is 28.8 Å². The zero-order valence-corrected chi connectivity index (χ0v) is 16.5. The molecule has 0 atom stereocenters. The summed E-state index contributed by atoms with van der Waals surface area (Å²) < 4.78 is 39.3. The van der Waals surface area contributed by atoms with E-state index in [1.54, 1.807) is 18.3 Å². The van der Waals surface area contributed by atoms with Crippen LogP contribution in [0.15, 0.2) is 42.1 Å². The van der Waals surface area contributed by atoms with Gasteiger partial charge in [-0.3, -0.25) is 20.2 Å². The second-order valence-corrected chi connectivity index (χ2v) is 7.11. The number of amides is 1. The fourth-order valence-corrected chi connectivity index (χ4v) is 3.26. The van der Waals surface area contributed by atoms with Crippen molar-refractivity contribution in [3.63, 3.8) is 0 Å². The second-order valence-electron chi connectivity index (χ2n) is 5.73. The summed E-state index contributed by atoms with van der Waals surface area (Å²) in [5, 5.41) is 26.8. The fourth-order valence-electron chi connectivity index (χ4n) is 2.39. The molecule has 3 rings (SSSR count). The van der Waals surface area contributed by atoms with Gasteiger partial charge in [0.25, 0.3) is 11.6 Å². The van der Waals surface area contributed by atoms with E-state index in [0.717, 1.165) is 6.07 Å². The van der Waals surface area contributed by atoms with Crippen LogP contribution >= 0.6 is 22.9 Å². The van der Waals surface area contributed by atoms with Gasteiger partial charge in [0.1, 0.15) is 11.6 Å². The number of alkyl halides is 3. The summed E-state index contributed by atoms with van der Waals surface area (Å²) in [4.78, 5) is 22.6. The monoisotopic (exact) mass is 468 g/mol. The highest BCUT2D eigenvalue weighted by atomic mass is 35.5. The van der Waals surface area contributed by atoms with Crippen LogP contribution in [0.5, 0.6) is 0 Å². The maximum absolute atomic E-state index is 12.6. The van der Waals surface area contributed by atoms with Crippen LogP contribution in [-0.2, 0) is 11.0 Å². The van der Waals surface area contributed by atoms with Gasteiger partial charge in [0.05, 0.1) is 15.6 Å². The van der Waals surface area contributed by atoms with Crippen molar-refractivity contribution in [3.8, 4) is 11.8 Å². The van der Waals surface area contributed by atoms with Crippen molar-refractivity contribution in [2.45, 2.75) is 6.18 Å². The first-order valence-electron chi connectivity index (χ1n) is 8.05. The maximum Gasteiger partial charge on any atom is 0.445 e. The van der Waals surface area contributed by atoms with Crippen molar-refractivity contribution in [1.82, 2.24) is 14.8 Å². The molecule has 0 saturated carbocycles. The van der Waals surface area contributed by atoms with Gasteiger partial charge < -0.3 is 4.57 Å². The van der Waals surface area contributed by atoms with Crippen molar-refractivity contribution in [1.29, 1.82) is 5.26 Å². The number of aromatic nitrogens is 3. The average molecular weight is 469 g/mol. The van der Waals surface area contributed by atoms with Crippen LogP contribution in [0.2, 0.25) is 5.02 Å². The number of nitrogens with zero attached hydrogens (tertiary/aromatic N) is 5. The van der Waals surface area contributed by atoms with E-state index in [0.29, 0.717) is 11.4 Å². The van der Waals surface area contributed by atoms with Crippen LogP contribution < -0.4 is 5.32 Å². The van der Waals surface area contributed by atoms with Crippen LogP contribution in [0, 0.1) is 21.4 Å². The van der Waals surface area contributed by atoms with Gasteiger partial charge in [0, 0.05) is 24.0 Å². The lowest BCUT2D eigenvalue weighted by Crippen LogP contribution is -2.13. The predicted octanol–water partition coefficient (Wildman–Crippen LogP) is 4.45. The molecule has 1 amide bonds. The first-order valence-corrected chi connectivity index (χ1v) is 9.25. The molecule has 0 aliphatic carbocycles. The van der Waals surface area contributed by atoms with Gasteiger partial charge in [-0.1, -0.05) is 22.9 Å². The third-order valence-electron chi connectivity index (χ3n) is 3.73. The zero-order valence-electron chi connectivity index (χ0n) is 14.9. The molecule has 158 valence electrons. The first-order chi connectivity index (χ1) is 14.6. The average Bonchev–Trinajstić information content (AvgIpc) is 3.35. The minimum absolute atomic E-state index is 0.0524. The molecule has 2 aromatic heterocycles. The SMILES string of the molecule is N#C/C(=C/c1cccn1-c1ccc([N+](=O)[O-])cc1Cl)C(=O)Nc1nnc(C(F)(F)F)s1. The number of hydrogen-bond donors (Lipinski definition) is 1.